The van der Waals surface area contributed by atoms with Gasteiger partial charge in [0.25, 0.3) is 5.91 Å². The topological polar surface area (TPSA) is 69.2 Å². The van der Waals surface area contributed by atoms with E-state index < -0.39 is 5.91 Å². The number of hydrazone groups is 1. The summed E-state index contributed by atoms with van der Waals surface area (Å²) in [6.45, 7) is 0.229. The van der Waals surface area contributed by atoms with E-state index in [9.17, 15) is 4.79 Å². The summed E-state index contributed by atoms with van der Waals surface area (Å²) in [6.07, 6.45) is 1.47. The molecule has 4 aromatic carbocycles. The minimum absolute atomic E-state index is 0.229. The van der Waals surface area contributed by atoms with E-state index >= 15 is 0 Å². The van der Waals surface area contributed by atoms with Crippen LogP contribution in [0, 0.1) is 0 Å². The fourth-order valence-electron chi connectivity index (χ4n) is 3.51. The smallest absolute Gasteiger partial charge is 0.275 e. The van der Waals surface area contributed by atoms with Gasteiger partial charge < -0.3 is 14.2 Å². The first kappa shape index (κ1) is 24.4. The van der Waals surface area contributed by atoms with Crippen molar-refractivity contribution in [1.29, 1.82) is 0 Å². The molecule has 0 saturated carbocycles. The number of methoxy groups -OCH3 is 2. The largest absolute Gasteiger partial charge is 0.496 e. The SMILES string of the molecule is COc1cc2ccccc2cc1C(=O)N/N=C\c1cc(Cl)c(OCc2ccccc2Cl)c(OC)c1. The molecule has 0 bridgehead atoms. The number of halogens is 2. The van der Waals surface area contributed by atoms with Crippen molar-refractivity contribution in [3.63, 3.8) is 0 Å². The van der Waals surface area contributed by atoms with Crippen molar-refractivity contribution >= 4 is 46.1 Å². The van der Waals surface area contributed by atoms with Crippen LogP contribution in [0.25, 0.3) is 10.8 Å². The highest BCUT2D eigenvalue weighted by Gasteiger charge is 2.15. The van der Waals surface area contributed by atoms with E-state index in [1.165, 1.54) is 20.4 Å². The van der Waals surface area contributed by atoms with Gasteiger partial charge in [-0.15, -0.1) is 0 Å². The van der Waals surface area contributed by atoms with Crippen molar-refractivity contribution < 1.29 is 19.0 Å². The van der Waals surface area contributed by atoms with Gasteiger partial charge in [0.15, 0.2) is 11.5 Å². The molecule has 1 amide bonds. The van der Waals surface area contributed by atoms with Crippen molar-refractivity contribution in [1.82, 2.24) is 5.43 Å². The van der Waals surface area contributed by atoms with Crippen molar-refractivity contribution in [3.8, 4) is 17.2 Å². The Labute approximate surface area is 213 Å². The molecule has 0 atom stereocenters. The number of benzene rings is 4. The molecule has 0 unspecified atom stereocenters. The predicted molar refractivity (Wildman–Crippen MR) is 139 cm³/mol. The highest BCUT2D eigenvalue weighted by atomic mass is 35.5. The van der Waals surface area contributed by atoms with Crippen LogP contribution in [0.2, 0.25) is 10.0 Å². The lowest BCUT2D eigenvalue weighted by Gasteiger charge is -2.14. The van der Waals surface area contributed by atoms with Gasteiger partial charge in [0.2, 0.25) is 0 Å². The van der Waals surface area contributed by atoms with Crippen LogP contribution in [0.15, 0.2) is 77.9 Å². The minimum atomic E-state index is -0.401. The van der Waals surface area contributed by atoms with Crippen molar-refractivity contribution in [2.45, 2.75) is 6.61 Å². The third kappa shape index (κ3) is 5.67. The molecule has 6 nitrogen and oxygen atoms in total. The standard InChI is InChI=1S/C27H22Cl2N2O4/c1-33-24-14-19-8-4-3-7-18(19)13-21(24)27(32)31-30-15-17-11-23(29)26(25(12-17)34-2)35-16-20-9-5-6-10-22(20)28/h3-15H,16H2,1-2H3,(H,31,32)/b30-15-. The van der Waals surface area contributed by atoms with Crippen LogP contribution in [-0.2, 0) is 6.61 Å². The molecule has 0 aliphatic heterocycles. The van der Waals surface area contributed by atoms with Gasteiger partial charge in [-0.1, -0.05) is 65.7 Å². The Hall–Kier alpha value is -3.74. The number of nitrogens with one attached hydrogen (secondary N) is 1. The number of carbonyl (C=O) groups is 1. The second kappa shape index (κ2) is 11.1. The summed E-state index contributed by atoms with van der Waals surface area (Å²) in [5.41, 5.74) is 4.35. The van der Waals surface area contributed by atoms with E-state index in [2.05, 4.69) is 10.5 Å². The van der Waals surface area contributed by atoms with Crippen molar-refractivity contribution in [3.05, 3.63) is 99.5 Å². The van der Waals surface area contributed by atoms with Crippen LogP contribution >= 0.6 is 23.2 Å². The molecule has 0 saturated heterocycles. The second-order valence-corrected chi connectivity index (χ2v) is 8.33. The minimum Gasteiger partial charge on any atom is -0.496 e. The number of ether oxygens (including phenoxy) is 3. The summed E-state index contributed by atoms with van der Waals surface area (Å²) in [5.74, 6) is 0.868. The molecule has 0 fully saturated rings. The van der Waals surface area contributed by atoms with Crippen LogP contribution in [0.4, 0.5) is 0 Å². The lowest BCUT2D eigenvalue weighted by Crippen LogP contribution is -2.18. The molecule has 35 heavy (non-hydrogen) atoms. The molecular weight excluding hydrogens is 487 g/mol. The fraction of sp³-hybridized carbons (Fsp3) is 0.111. The summed E-state index contributed by atoms with van der Waals surface area (Å²) in [5, 5.41) is 6.91. The number of rotatable bonds is 8. The first-order valence-corrected chi connectivity index (χ1v) is 11.4. The van der Waals surface area contributed by atoms with Gasteiger partial charge >= 0.3 is 0 Å². The molecular formula is C27H22Cl2N2O4. The zero-order valence-electron chi connectivity index (χ0n) is 19.0. The summed E-state index contributed by atoms with van der Waals surface area (Å²) in [4.78, 5) is 12.8. The van der Waals surface area contributed by atoms with Gasteiger partial charge in [-0.05, 0) is 46.7 Å². The molecule has 4 aromatic rings. The lowest BCUT2D eigenvalue weighted by atomic mass is 10.1. The van der Waals surface area contributed by atoms with E-state index in [4.69, 9.17) is 37.4 Å². The number of nitrogens with zero attached hydrogens (tertiary/aromatic N) is 1. The van der Waals surface area contributed by atoms with Gasteiger partial charge in [0, 0.05) is 10.6 Å². The maximum atomic E-state index is 12.8. The number of carbonyl (C=O) groups excluding carboxylic acids is 1. The Bertz CT molecular complexity index is 1410. The molecule has 0 aromatic heterocycles. The first-order valence-electron chi connectivity index (χ1n) is 10.6. The Kier molecular flexibility index (Phi) is 7.75. The highest BCUT2D eigenvalue weighted by molar-refractivity contribution is 6.32. The summed E-state index contributed by atoms with van der Waals surface area (Å²) < 4.78 is 16.7. The summed E-state index contributed by atoms with van der Waals surface area (Å²) >= 11 is 12.6. The number of fused-ring (bicyclic) bond motifs is 1. The van der Waals surface area contributed by atoms with Gasteiger partial charge in [0.1, 0.15) is 12.4 Å². The van der Waals surface area contributed by atoms with Crippen LogP contribution < -0.4 is 19.6 Å². The van der Waals surface area contributed by atoms with Crippen molar-refractivity contribution in [2.75, 3.05) is 14.2 Å². The molecule has 0 spiro atoms. The van der Waals surface area contributed by atoms with E-state index in [-0.39, 0.29) is 6.61 Å². The normalized spacial score (nSPS) is 11.0. The third-order valence-corrected chi connectivity index (χ3v) is 5.92. The average molecular weight is 509 g/mol. The first-order chi connectivity index (χ1) is 17.0. The fourth-order valence-corrected chi connectivity index (χ4v) is 3.98. The second-order valence-electron chi connectivity index (χ2n) is 7.51. The van der Waals surface area contributed by atoms with Crippen molar-refractivity contribution in [2.24, 2.45) is 5.10 Å². The monoisotopic (exact) mass is 508 g/mol. The number of hydrogen-bond donors (Lipinski definition) is 1. The molecule has 4 rings (SSSR count). The van der Waals surface area contributed by atoms with Gasteiger partial charge in [-0.3, -0.25) is 4.79 Å². The van der Waals surface area contributed by atoms with Gasteiger partial charge in [-0.25, -0.2) is 5.43 Å². The average Bonchev–Trinajstić information content (AvgIpc) is 2.87. The highest BCUT2D eigenvalue weighted by Crippen LogP contribution is 2.37. The maximum absolute atomic E-state index is 12.8. The van der Waals surface area contributed by atoms with Crippen LogP contribution in [-0.4, -0.2) is 26.3 Å². The van der Waals surface area contributed by atoms with Crippen LogP contribution in [0.3, 0.4) is 0 Å². The maximum Gasteiger partial charge on any atom is 0.275 e. The Morgan fingerprint density at radius 3 is 2.29 bits per heavy atom. The summed E-state index contributed by atoms with van der Waals surface area (Å²) in [6, 6.07) is 22.1. The van der Waals surface area contributed by atoms with E-state index in [1.807, 2.05) is 48.5 Å². The van der Waals surface area contributed by atoms with Crippen LogP contribution in [0.5, 0.6) is 17.2 Å². The third-order valence-electron chi connectivity index (χ3n) is 5.27. The zero-order valence-corrected chi connectivity index (χ0v) is 20.6. The molecule has 178 valence electrons. The zero-order chi connectivity index (χ0) is 24.8. The molecule has 0 aliphatic carbocycles. The number of hydrogen-bond acceptors (Lipinski definition) is 5. The molecule has 8 heteroatoms. The van der Waals surface area contributed by atoms with Crippen LogP contribution in [0.1, 0.15) is 21.5 Å². The number of amides is 1. The molecule has 1 N–H and O–H groups in total. The quantitative estimate of drug-likeness (QED) is 0.217. The Balaban J connectivity index is 1.49. The molecule has 0 aliphatic rings. The lowest BCUT2D eigenvalue weighted by molar-refractivity contribution is 0.0952. The van der Waals surface area contributed by atoms with E-state index in [0.29, 0.717) is 38.4 Å². The Morgan fingerprint density at radius 1 is 0.886 bits per heavy atom. The Morgan fingerprint density at radius 2 is 1.57 bits per heavy atom. The predicted octanol–water partition coefficient (Wildman–Crippen LogP) is 6.51. The summed E-state index contributed by atoms with van der Waals surface area (Å²) in [7, 11) is 3.04. The van der Waals surface area contributed by atoms with E-state index in [1.54, 1.807) is 24.3 Å². The van der Waals surface area contributed by atoms with Gasteiger partial charge in [0.05, 0.1) is 31.0 Å². The molecule has 0 radical (unpaired) electrons. The van der Waals surface area contributed by atoms with Gasteiger partial charge in [-0.2, -0.15) is 5.10 Å². The van der Waals surface area contributed by atoms with E-state index in [0.717, 1.165) is 16.3 Å². The molecule has 0 heterocycles.